The molecule has 1 aliphatic rings. The molecule has 1 aliphatic carbocycles. The van der Waals surface area contributed by atoms with Crippen LogP contribution in [0, 0.1) is 0 Å². The average molecular weight is 297 g/mol. The number of hydrogen-bond donors (Lipinski definition) is 1. The third kappa shape index (κ3) is 2.56. The van der Waals surface area contributed by atoms with E-state index in [0.29, 0.717) is 11.9 Å². The van der Waals surface area contributed by atoms with Gasteiger partial charge in [-0.25, -0.2) is 0 Å². The number of fused-ring (bicyclic) bond motifs is 1. The van der Waals surface area contributed by atoms with E-state index in [4.69, 9.17) is 4.42 Å². The molecule has 1 fully saturated rings. The maximum Gasteiger partial charge on any atom is 0.315 e. The smallest absolute Gasteiger partial charge is 0.315 e. The molecule has 6 heteroatoms. The zero-order chi connectivity index (χ0) is 14.8. The molecule has 2 aromatic heterocycles. The summed E-state index contributed by atoms with van der Waals surface area (Å²) in [5, 5.41) is 17.0. The van der Waals surface area contributed by atoms with Crippen molar-refractivity contribution in [2.75, 3.05) is 11.9 Å². The Morgan fingerprint density at radius 2 is 2.14 bits per heavy atom. The molecule has 6 nitrogen and oxygen atoms in total. The third-order valence-electron chi connectivity index (χ3n) is 4.27. The van der Waals surface area contributed by atoms with Crippen LogP contribution in [-0.2, 0) is 6.54 Å². The number of anilines is 1. The van der Waals surface area contributed by atoms with Crippen molar-refractivity contribution in [3.05, 3.63) is 36.4 Å². The second kappa shape index (κ2) is 5.79. The minimum Gasteiger partial charge on any atom is -0.408 e. The van der Waals surface area contributed by atoms with Crippen LogP contribution in [0.4, 0.5) is 6.01 Å². The van der Waals surface area contributed by atoms with Gasteiger partial charge in [0.05, 0.1) is 11.7 Å². The summed E-state index contributed by atoms with van der Waals surface area (Å²) in [7, 11) is 0. The van der Waals surface area contributed by atoms with Gasteiger partial charge < -0.3 is 9.73 Å². The predicted molar refractivity (Wildman–Crippen MR) is 83.7 cm³/mol. The molecule has 0 atom stereocenters. The molecule has 1 saturated carbocycles. The van der Waals surface area contributed by atoms with E-state index in [2.05, 4.69) is 32.7 Å². The van der Waals surface area contributed by atoms with Crippen LogP contribution in [-0.4, -0.2) is 26.5 Å². The van der Waals surface area contributed by atoms with Crippen molar-refractivity contribution < 1.29 is 4.42 Å². The highest BCUT2D eigenvalue weighted by Gasteiger charge is 2.24. The number of para-hydroxylation sites is 1. The summed E-state index contributed by atoms with van der Waals surface area (Å²) in [6, 6.07) is 8.78. The maximum absolute atomic E-state index is 5.64. The molecule has 22 heavy (non-hydrogen) atoms. The second-order valence-electron chi connectivity index (χ2n) is 5.78. The molecule has 1 aromatic carbocycles. The van der Waals surface area contributed by atoms with Crippen LogP contribution in [0.2, 0.25) is 0 Å². The van der Waals surface area contributed by atoms with E-state index in [1.54, 1.807) is 0 Å². The Morgan fingerprint density at radius 1 is 1.23 bits per heavy atom. The molecule has 0 amide bonds. The molecular formula is C16H19N5O. The van der Waals surface area contributed by atoms with E-state index >= 15 is 0 Å². The monoisotopic (exact) mass is 297 g/mol. The topological polar surface area (TPSA) is 68.8 Å². The van der Waals surface area contributed by atoms with Crippen LogP contribution in [0.1, 0.15) is 37.5 Å². The van der Waals surface area contributed by atoms with Gasteiger partial charge in [-0.1, -0.05) is 29.7 Å². The lowest BCUT2D eigenvalue weighted by molar-refractivity contribution is 0.338. The fraction of sp³-hybridized carbons (Fsp3) is 0.438. The lowest BCUT2D eigenvalue weighted by Crippen LogP contribution is -2.09. The quantitative estimate of drug-likeness (QED) is 0.708. The number of rotatable bonds is 6. The van der Waals surface area contributed by atoms with Crippen LogP contribution in [0.5, 0.6) is 0 Å². The Balaban J connectivity index is 1.29. The van der Waals surface area contributed by atoms with Crippen molar-refractivity contribution in [2.24, 2.45) is 0 Å². The molecule has 0 radical (unpaired) electrons. The van der Waals surface area contributed by atoms with Gasteiger partial charge in [0.25, 0.3) is 0 Å². The van der Waals surface area contributed by atoms with E-state index < -0.39 is 0 Å². The Kier molecular flexibility index (Phi) is 3.50. The van der Waals surface area contributed by atoms with Crippen LogP contribution >= 0.6 is 0 Å². The van der Waals surface area contributed by atoms with Crippen LogP contribution in [0.15, 0.2) is 34.9 Å². The molecule has 114 valence electrons. The number of benzene rings is 1. The first-order valence-electron chi connectivity index (χ1n) is 7.88. The number of hydrogen-bond acceptors (Lipinski definition) is 5. The minimum absolute atomic E-state index is 0.485. The van der Waals surface area contributed by atoms with Gasteiger partial charge in [-0.2, -0.15) is 5.10 Å². The summed E-state index contributed by atoms with van der Waals surface area (Å²) in [5.74, 6) is 1.27. The zero-order valence-electron chi connectivity index (χ0n) is 12.4. The Hall–Kier alpha value is -2.37. The zero-order valence-corrected chi connectivity index (χ0v) is 12.4. The molecule has 0 aliphatic heterocycles. The molecule has 1 N–H and O–H groups in total. The highest BCUT2D eigenvalue weighted by molar-refractivity contribution is 5.78. The first-order valence-corrected chi connectivity index (χ1v) is 7.88. The standard InChI is InChI=1S/C16H19N5O/c1-2-8-14-13(5-1)11-18-21(14)10-4-9-17-16-20-19-15(22-16)12-6-3-7-12/h1-2,5,8,11-12H,3-4,6-7,9-10H2,(H,17,20). The van der Waals surface area contributed by atoms with Gasteiger partial charge in [-0.15, -0.1) is 5.10 Å². The van der Waals surface area contributed by atoms with Gasteiger partial charge in [-0.05, 0) is 25.3 Å². The fourth-order valence-corrected chi connectivity index (χ4v) is 2.75. The number of nitrogens with one attached hydrogen (secondary N) is 1. The summed E-state index contributed by atoms with van der Waals surface area (Å²) in [6.07, 6.45) is 6.48. The van der Waals surface area contributed by atoms with Gasteiger partial charge in [0.2, 0.25) is 5.89 Å². The van der Waals surface area contributed by atoms with Crippen molar-refractivity contribution in [1.82, 2.24) is 20.0 Å². The second-order valence-corrected chi connectivity index (χ2v) is 5.78. The van der Waals surface area contributed by atoms with Gasteiger partial charge in [0.1, 0.15) is 0 Å². The normalized spacial score (nSPS) is 15.1. The van der Waals surface area contributed by atoms with Crippen molar-refractivity contribution in [3.8, 4) is 0 Å². The number of aromatic nitrogens is 4. The highest BCUT2D eigenvalue weighted by atomic mass is 16.4. The maximum atomic E-state index is 5.64. The predicted octanol–water partition coefficient (Wildman–Crippen LogP) is 3.19. The van der Waals surface area contributed by atoms with Crippen molar-refractivity contribution >= 4 is 16.9 Å². The molecule has 0 bridgehead atoms. The van der Waals surface area contributed by atoms with E-state index in [1.165, 1.54) is 30.2 Å². The third-order valence-corrected chi connectivity index (χ3v) is 4.27. The van der Waals surface area contributed by atoms with Gasteiger partial charge in [0, 0.05) is 24.4 Å². The number of aryl methyl sites for hydroxylation is 1. The van der Waals surface area contributed by atoms with Crippen LogP contribution in [0.25, 0.3) is 10.9 Å². The molecule has 0 unspecified atom stereocenters. The van der Waals surface area contributed by atoms with Gasteiger partial charge in [0.15, 0.2) is 0 Å². The first-order chi connectivity index (χ1) is 10.9. The SMILES string of the molecule is c1ccc2c(c1)cnn2CCCNc1nnc(C2CCC2)o1. The minimum atomic E-state index is 0.485. The molecule has 4 rings (SSSR count). The first kappa shape index (κ1) is 13.3. The molecule has 0 saturated heterocycles. The fourth-order valence-electron chi connectivity index (χ4n) is 2.75. The Labute approximate surface area is 128 Å². The van der Waals surface area contributed by atoms with Crippen molar-refractivity contribution in [3.63, 3.8) is 0 Å². The lowest BCUT2D eigenvalue weighted by Gasteiger charge is -2.20. The highest BCUT2D eigenvalue weighted by Crippen LogP contribution is 2.35. The van der Waals surface area contributed by atoms with E-state index in [-0.39, 0.29) is 0 Å². The van der Waals surface area contributed by atoms with Crippen molar-refractivity contribution in [1.29, 1.82) is 0 Å². The van der Waals surface area contributed by atoms with Crippen molar-refractivity contribution in [2.45, 2.75) is 38.1 Å². The molecule has 0 spiro atoms. The molecular weight excluding hydrogens is 278 g/mol. The number of nitrogens with zero attached hydrogens (tertiary/aromatic N) is 4. The summed E-state index contributed by atoms with van der Waals surface area (Å²) in [6.45, 7) is 1.66. The van der Waals surface area contributed by atoms with E-state index in [1.807, 2.05) is 23.0 Å². The Morgan fingerprint density at radius 3 is 3.00 bits per heavy atom. The largest absolute Gasteiger partial charge is 0.408 e. The summed E-state index contributed by atoms with van der Waals surface area (Å²) >= 11 is 0. The summed E-state index contributed by atoms with van der Waals surface area (Å²) in [5.41, 5.74) is 1.17. The van der Waals surface area contributed by atoms with E-state index in [9.17, 15) is 0 Å². The summed E-state index contributed by atoms with van der Waals surface area (Å²) < 4.78 is 7.67. The average Bonchev–Trinajstić information content (AvgIpc) is 3.09. The van der Waals surface area contributed by atoms with E-state index in [0.717, 1.165) is 25.4 Å². The summed E-state index contributed by atoms with van der Waals surface area (Å²) in [4.78, 5) is 0. The molecule has 3 aromatic rings. The molecule has 2 heterocycles. The van der Waals surface area contributed by atoms with Crippen LogP contribution in [0.3, 0.4) is 0 Å². The Bertz CT molecular complexity index is 759. The van der Waals surface area contributed by atoms with Gasteiger partial charge in [-0.3, -0.25) is 4.68 Å². The van der Waals surface area contributed by atoms with Gasteiger partial charge >= 0.3 is 6.01 Å². The lowest BCUT2D eigenvalue weighted by atomic mass is 9.85. The van der Waals surface area contributed by atoms with Crippen LogP contribution < -0.4 is 5.32 Å².